The molecule has 6 heteroatoms. The first kappa shape index (κ1) is 15.4. The minimum absolute atomic E-state index is 0. The van der Waals surface area contributed by atoms with E-state index in [1.165, 1.54) is 0 Å². The summed E-state index contributed by atoms with van der Waals surface area (Å²) in [5.74, 6) is 0.442. The molecular weight excluding hydrogens is 249 g/mol. The summed E-state index contributed by atoms with van der Waals surface area (Å²) in [4.78, 5) is 4.00. The SMILES string of the molecule is Cl.Cl.Nc1ncccc1C1(O)CCNCC1. The third kappa shape index (κ3) is 2.98. The van der Waals surface area contributed by atoms with Gasteiger partial charge in [-0.15, -0.1) is 24.8 Å². The molecule has 2 heterocycles. The molecule has 16 heavy (non-hydrogen) atoms. The van der Waals surface area contributed by atoms with Crippen molar-refractivity contribution in [2.24, 2.45) is 0 Å². The minimum atomic E-state index is -0.788. The van der Waals surface area contributed by atoms with Crippen LogP contribution in [0.15, 0.2) is 18.3 Å². The minimum Gasteiger partial charge on any atom is -0.385 e. The normalized spacial score (nSPS) is 18.1. The number of nitrogens with zero attached hydrogens (tertiary/aromatic N) is 1. The van der Waals surface area contributed by atoms with Crippen molar-refractivity contribution in [3.63, 3.8) is 0 Å². The maximum atomic E-state index is 10.4. The Kier molecular flexibility index (Phi) is 6.04. The zero-order valence-electron chi connectivity index (χ0n) is 8.85. The Hall–Kier alpha value is -0.550. The number of piperidine rings is 1. The molecule has 4 nitrogen and oxygen atoms in total. The van der Waals surface area contributed by atoms with Gasteiger partial charge in [0.05, 0.1) is 5.60 Å². The van der Waals surface area contributed by atoms with E-state index in [1.54, 1.807) is 6.20 Å². The highest BCUT2D eigenvalue weighted by atomic mass is 35.5. The van der Waals surface area contributed by atoms with Crippen LogP contribution < -0.4 is 11.1 Å². The lowest BCUT2D eigenvalue weighted by molar-refractivity contribution is 0.00642. The van der Waals surface area contributed by atoms with Crippen molar-refractivity contribution in [1.82, 2.24) is 10.3 Å². The van der Waals surface area contributed by atoms with Gasteiger partial charge in [0.2, 0.25) is 0 Å². The van der Waals surface area contributed by atoms with Gasteiger partial charge < -0.3 is 16.2 Å². The maximum Gasteiger partial charge on any atom is 0.129 e. The number of aliphatic hydroxyl groups is 1. The van der Waals surface area contributed by atoms with Crippen molar-refractivity contribution >= 4 is 30.6 Å². The van der Waals surface area contributed by atoms with Gasteiger partial charge in [-0.1, -0.05) is 6.07 Å². The van der Waals surface area contributed by atoms with E-state index < -0.39 is 5.60 Å². The van der Waals surface area contributed by atoms with E-state index in [9.17, 15) is 5.11 Å². The zero-order chi connectivity index (χ0) is 10.0. The lowest BCUT2D eigenvalue weighted by Gasteiger charge is -2.33. The number of anilines is 1. The van der Waals surface area contributed by atoms with Crippen LogP contribution >= 0.6 is 24.8 Å². The molecule has 1 aromatic heterocycles. The van der Waals surface area contributed by atoms with Gasteiger partial charge in [0.25, 0.3) is 0 Å². The van der Waals surface area contributed by atoms with E-state index in [0.29, 0.717) is 18.7 Å². The smallest absolute Gasteiger partial charge is 0.129 e. The molecule has 92 valence electrons. The van der Waals surface area contributed by atoms with Crippen molar-refractivity contribution < 1.29 is 5.11 Å². The van der Waals surface area contributed by atoms with Crippen LogP contribution in [0.3, 0.4) is 0 Å². The summed E-state index contributed by atoms with van der Waals surface area (Å²) in [5.41, 5.74) is 5.72. The molecule has 1 aliphatic rings. The van der Waals surface area contributed by atoms with Crippen LogP contribution in [0.1, 0.15) is 18.4 Å². The quantitative estimate of drug-likeness (QED) is 0.711. The Labute approximate surface area is 107 Å². The molecule has 0 bridgehead atoms. The van der Waals surface area contributed by atoms with Gasteiger partial charge in [0.15, 0.2) is 0 Å². The fourth-order valence-electron chi connectivity index (χ4n) is 1.92. The average Bonchev–Trinajstić information content (AvgIpc) is 2.19. The molecule has 0 atom stereocenters. The van der Waals surface area contributed by atoms with Crippen molar-refractivity contribution in [3.8, 4) is 0 Å². The number of pyridine rings is 1. The lowest BCUT2D eigenvalue weighted by atomic mass is 9.85. The topological polar surface area (TPSA) is 71.2 Å². The number of nitrogen functional groups attached to an aromatic ring is 1. The van der Waals surface area contributed by atoms with E-state index >= 15 is 0 Å². The van der Waals surface area contributed by atoms with Gasteiger partial charge in [-0.3, -0.25) is 0 Å². The second-order valence-corrected chi connectivity index (χ2v) is 3.72. The Bertz CT molecular complexity index is 330. The fraction of sp³-hybridized carbons (Fsp3) is 0.500. The third-order valence-electron chi connectivity index (χ3n) is 2.77. The molecule has 1 aromatic rings. The van der Waals surface area contributed by atoms with Crippen molar-refractivity contribution in [2.45, 2.75) is 18.4 Å². The fourth-order valence-corrected chi connectivity index (χ4v) is 1.92. The summed E-state index contributed by atoms with van der Waals surface area (Å²) in [6.07, 6.45) is 3.04. The third-order valence-corrected chi connectivity index (χ3v) is 2.77. The van der Waals surface area contributed by atoms with Gasteiger partial charge in [-0.2, -0.15) is 0 Å². The molecule has 1 aliphatic heterocycles. The van der Waals surface area contributed by atoms with Crippen molar-refractivity contribution in [2.75, 3.05) is 18.8 Å². The molecule has 2 rings (SSSR count). The van der Waals surface area contributed by atoms with Crippen LogP contribution in [0.4, 0.5) is 5.82 Å². The largest absolute Gasteiger partial charge is 0.385 e. The van der Waals surface area contributed by atoms with Crippen LogP contribution in [0.25, 0.3) is 0 Å². The first-order valence-electron chi connectivity index (χ1n) is 4.86. The summed E-state index contributed by atoms with van der Waals surface area (Å²) in [6, 6.07) is 3.67. The number of nitrogens with two attached hydrogens (primary N) is 1. The number of hydrogen-bond acceptors (Lipinski definition) is 4. The van der Waals surface area contributed by atoms with Gasteiger partial charge in [-0.05, 0) is 32.0 Å². The number of aromatic nitrogens is 1. The van der Waals surface area contributed by atoms with Gasteiger partial charge >= 0.3 is 0 Å². The zero-order valence-corrected chi connectivity index (χ0v) is 10.5. The van der Waals surface area contributed by atoms with Crippen LogP contribution in [-0.2, 0) is 5.60 Å². The molecule has 0 amide bonds. The highest BCUT2D eigenvalue weighted by molar-refractivity contribution is 5.85. The van der Waals surface area contributed by atoms with E-state index in [4.69, 9.17) is 5.73 Å². The molecule has 0 radical (unpaired) electrons. The van der Waals surface area contributed by atoms with E-state index in [0.717, 1.165) is 18.7 Å². The van der Waals surface area contributed by atoms with Crippen LogP contribution in [0.5, 0.6) is 0 Å². The Morgan fingerprint density at radius 1 is 1.31 bits per heavy atom. The van der Waals surface area contributed by atoms with Crippen molar-refractivity contribution in [1.29, 1.82) is 0 Å². The van der Waals surface area contributed by atoms with Crippen LogP contribution in [0, 0.1) is 0 Å². The molecule has 0 aromatic carbocycles. The van der Waals surface area contributed by atoms with E-state index in [2.05, 4.69) is 10.3 Å². The summed E-state index contributed by atoms with van der Waals surface area (Å²) < 4.78 is 0. The predicted octanol–water partition coefficient (Wildman–Crippen LogP) is 1.08. The van der Waals surface area contributed by atoms with Crippen molar-refractivity contribution in [3.05, 3.63) is 23.9 Å². The number of halogens is 2. The van der Waals surface area contributed by atoms with E-state index in [-0.39, 0.29) is 24.8 Å². The van der Waals surface area contributed by atoms with Gasteiger partial charge in [0, 0.05) is 11.8 Å². The first-order valence-corrected chi connectivity index (χ1v) is 4.86. The second-order valence-electron chi connectivity index (χ2n) is 3.72. The van der Waals surface area contributed by atoms with Crippen LogP contribution in [-0.4, -0.2) is 23.2 Å². The summed E-state index contributed by atoms with van der Waals surface area (Å²) in [5, 5.41) is 13.6. The van der Waals surface area contributed by atoms with E-state index in [1.807, 2.05) is 12.1 Å². The predicted molar refractivity (Wildman–Crippen MR) is 69.1 cm³/mol. The summed E-state index contributed by atoms with van der Waals surface area (Å²) in [6.45, 7) is 1.65. The molecule has 4 N–H and O–H groups in total. The average molecular weight is 266 g/mol. The highest BCUT2D eigenvalue weighted by Crippen LogP contribution is 2.32. The molecule has 1 fully saturated rings. The monoisotopic (exact) mass is 265 g/mol. The number of hydrogen-bond donors (Lipinski definition) is 3. The molecule has 0 unspecified atom stereocenters. The molecule has 0 aliphatic carbocycles. The number of nitrogens with one attached hydrogen (secondary N) is 1. The number of rotatable bonds is 1. The highest BCUT2D eigenvalue weighted by Gasteiger charge is 2.32. The Morgan fingerprint density at radius 3 is 2.50 bits per heavy atom. The first-order chi connectivity index (χ1) is 6.72. The molecule has 1 saturated heterocycles. The van der Waals surface area contributed by atoms with Gasteiger partial charge in [0.1, 0.15) is 5.82 Å². The lowest BCUT2D eigenvalue weighted by Crippen LogP contribution is -2.40. The second kappa shape index (κ2) is 6.25. The maximum absolute atomic E-state index is 10.4. The molecule has 0 saturated carbocycles. The summed E-state index contributed by atoms with van der Waals surface area (Å²) >= 11 is 0. The van der Waals surface area contributed by atoms with Gasteiger partial charge in [-0.25, -0.2) is 4.98 Å². The molecular formula is C10H17Cl2N3O. The summed E-state index contributed by atoms with van der Waals surface area (Å²) in [7, 11) is 0. The van der Waals surface area contributed by atoms with Crippen LogP contribution in [0.2, 0.25) is 0 Å². The Balaban J connectivity index is 0.00000112. The Morgan fingerprint density at radius 2 is 1.94 bits per heavy atom. The molecule has 0 spiro atoms. The standard InChI is InChI=1S/C10H15N3O.2ClH/c11-9-8(2-1-5-13-9)10(14)3-6-12-7-4-10;;/h1-2,5,12,14H,3-4,6-7H2,(H2,11,13);2*1H.